The summed E-state index contributed by atoms with van der Waals surface area (Å²) in [5.74, 6) is -2.82. The van der Waals surface area contributed by atoms with Gasteiger partial charge in [0.25, 0.3) is 0 Å². The zero-order valence-corrected chi connectivity index (χ0v) is 33.1. The first-order chi connectivity index (χ1) is 22.1. The molecule has 0 saturated heterocycles. The molecule has 0 heterocycles. The number of benzene rings is 2. The summed E-state index contributed by atoms with van der Waals surface area (Å²) in [5, 5.41) is 42.5. The second-order valence-corrected chi connectivity index (χ2v) is 13.0. The minimum absolute atomic E-state index is 0. The summed E-state index contributed by atoms with van der Waals surface area (Å²) in [7, 11) is 0. The molecule has 2 aromatic carbocycles. The van der Waals surface area contributed by atoms with Crippen LogP contribution < -0.4 is 10.2 Å². The van der Waals surface area contributed by atoms with Crippen molar-refractivity contribution in [2.75, 3.05) is 0 Å². The maximum absolute atomic E-state index is 12.1. The first-order valence-corrected chi connectivity index (χ1v) is 18.2. The molecule has 0 amide bonds. The summed E-state index contributed by atoms with van der Waals surface area (Å²) in [4.78, 5) is 22.3. The summed E-state index contributed by atoms with van der Waals surface area (Å²) >= 11 is 0. The molecule has 0 atom stereocenters. The molecule has 260 valence electrons. The third-order valence-corrected chi connectivity index (χ3v) is 8.92. The Labute approximate surface area is 298 Å². The second-order valence-electron chi connectivity index (χ2n) is 13.0. The number of unbranched alkanes of at least 4 members (excludes halogenated alkanes) is 18. The maximum atomic E-state index is 12.1. The minimum Gasteiger partial charge on any atom is -0.872 e. The van der Waals surface area contributed by atoms with E-state index in [1.54, 1.807) is 38.1 Å². The van der Waals surface area contributed by atoms with Gasteiger partial charge >= 0.3 is 31.4 Å². The molecule has 0 saturated carbocycles. The summed E-state index contributed by atoms with van der Waals surface area (Å²) < 4.78 is 0. The number of carbonyl (C=O) groups is 2. The van der Waals surface area contributed by atoms with E-state index in [-0.39, 0.29) is 42.1 Å². The molecule has 0 spiro atoms. The van der Waals surface area contributed by atoms with E-state index in [0.717, 1.165) is 25.7 Å². The first-order valence-electron chi connectivity index (χ1n) is 18.2. The number of carboxylic acid groups (broad SMARTS) is 2. The standard InChI is InChI=1S/2C20H32O3.Zn/c2*1-3-4-5-6-7-8-9-10-11-12-13-17-15-14-16(2)18(19(17)21)20(22)23;/h2*14-15,21H,3-13H2,1-2H3,(H,22,23);/q;;+2/p-2. The van der Waals surface area contributed by atoms with Gasteiger partial charge in [-0.1, -0.05) is 176 Å². The van der Waals surface area contributed by atoms with Gasteiger partial charge in [-0.15, -0.1) is 0 Å². The molecular formula is C40H62O6Zn. The summed E-state index contributed by atoms with van der Waals surface area (Å²) in [6.45, 7) is 7.83. The number of hydrogen-bond donors (Lipinski definition) is 2. The number of hydrogen-bond acceptors (Lipinski definition) is 4. The third kappa shape index (κ3) is 18.7. The maximum Gasteiger partial charge on any atom is 2.00 e. The molecule has 47 heavy (non-hydrogen) atoms. The molecule has 6 nitrogen and oxygen atoms in total. The fraction of sp³-hybridized carbons (Fsp3) is 0.650. The fourth-order valence-electron chi connectivity index (χ4n) is 5.98. The minimum atomic E-state index is -1.11. The van der Waals surface area contributed by atoms with E-state index in [1.807, 2.05) is 0 Å². The van der Waals surface area contributed by atoms with E-state index in [9.17, 15) is 19.8 Å². The van der Waals surface area contributed by atoms with Crippen LogP contribution in [0, 0.1) is 13.8 Å². The smallest absolute Gasteiger partial charge is 0.872 e. The molecule has 0 radical (unpaired) electrons. The van der Waals surface area contributed by atoms with Gasteiger partial charge in [-0.3, -0.25) is 0 Å². The van der Waals surface area contributed by atoms with Crippen molar-refractivity contribution >= 4 is 11.9 Å². The van der Waals surface area contributed by atoms with Crippen molar-refractivity contribution in [1.29, 1.82) is 0 Å². The van der Waals surface area contributed by atoms with Gasteiger partial charge in [0.1, 0.15) is 0 Å². The molecule has 0 fully saturated rings. The Balaban J connectivity index is 0.000000882. The van der Waals surface area contributed by atoms with Gasteiger partial charge < -0.3 is 20.4 Å². The van der Waals surface area contributed by atoms with Crippen LogP contribution in [-0.4, -0.2) is 22.2 Å². The molecule has 2 N–H and O–H groups in total. The Kier molecular flexibility index (Phi) is 26.1. The number of rotatable bonds is 24. The van der Waals surface area contributed by atoms with Crippen molar-refractivity contribution in [3.05, 3.63) is 57.6 Å². The van der Waals surface area contributed by atoms with Crippen LogP contribution in [0.5, 0.6) is 11.5 Å². The van der Waals surface area contributed by atoms with E-state index in [2.05, 4.69) is 13.8 Å². The van der Waals surface area contributed by atoms with Gasteiger partial charge in [0, 0.05) is 0 Å². The van der Waals surface area contributed by atoms with E-state index in [1.165, 1.54) is 103 Å². The van der Waals surface area contributed by atoms with Gasteiger partial charge in [-0.05, 0) is 50.7 Å². The van der Waals surface area contributed by atoms with Crippen LogP contribution in [0.4, 0.5) is 0 Å². The van der Waals surface area contributed by atoms with Crippen LogP contribution in [-0.2, 0) is 32.3 Å². The Morgan fingerprint density at radius 2 is 0.745 bits per heavy atom. The fourth-order valence-corrected chi connectivity index (χ4v) is 5.98. The molecule has 2 aromatic rings. The molecule has 0 aliphatic rings. The number of aryl methyl sites for hydroxylation is 4. The Morgan fingerprint density at radius 3 is 1.00 bits per heavy atom. The van der Waals surface area contributed by atoms with Gasteiger partial charge in [0.15, 0.2) is 0 Å². The van der Waals surface area contributed by atoms with Crippen LogP contribution in [0.3, 0.4) is 0 Å². The molecule has 2 rings (SSSR count). The van der Waals surface area contributed by atoms with Crippen LogP contribution >= 0.6 is 0 Å². The summed E-state index contributed by atoms with van der Waals surface area (Å²) in [6, 6.07) is 7.07. The molecular weight excluding hydrogens is 642 g/mol. The largest absolute Gasteiger partial charge is 2.00 e. The zero-order valence-electron chi connectivity index (χ0n) is 30.1. The Bertz CT molecular complexity index is 1060. The van der Waals surface area contributed by atoms with Crippen molar-refractivity contribution < 1.29 is 49.5 Å². The quantitative estimate of drug-likeness (QED) is 0.0829. The molecule has 0 aromatic heterocycles. The van der Waals surface area contributed by atoms with Crippen molar-refractivity contribution in [1.82, 2.24) is 0 Å². The van der Waals surface area contributed by atoms with E-state index < -0.39 is 11.9 Å². The molecule has 0 aliphatic heterocycles. The van der Waals surface area contributed by atoms with E-state index in [0.29, 0.717) is 35.1 Å². The Hall–Kier alpha value is -2.40. The third-order valence-electron chi connectivity index (χ3n) is 8.92. The Morgan fingerprint density at radius 1 is 0.489 bits per heavy atom. The van der Waals surface area contributed by atoms with Crippen molar-refractivity contribution in [3.8, 4) is 11.5 Å². The van der Waals surface area contributed by atoms with Crippen molar-refractivity contribution in [3.63, 3.8) is 0 Å². The number of aromatic carboxylic acids is 2. The average molecular weight is 704 g/mol. The predicted molar refractivity (Wildman–Crippen MR) is 186 cm³/mol. The van der Waals surface area contributed by atoms with E-state index in [4.69, 9.17) is 10.2 Å². The summed E-state index contributed by atoms with van der Waals surface area (Å²) in [6.07, 6.45) is 26.5. The van der Waals surface area contributed by atoms with E-state index >= 15 is 0 Å². The number of carboxylic acids is 2. The second kappa shape index (κ2) is 27.5. The molecule has 0 unspecified atom stereocenters. The van der Waals surface area contributed by atoms with Crippen LogP contribution in [0.2, 0.25) is 0 Å². The average Bonchev–Trinajstić information content (AvgIpc) is 3.01. The SMILES string of the molecule is CCCCCCCCCCCCc1ccc(C)c(C(=O)O)c1[O-].CCCCCCCCCCCCc1ccc(C)c(C(=O)O)c1[O-].[Zn+2]. The van der Waals surface area contributed by atoms with Gasteiger partial charge in [-0.2, -0.15) is 0 Å². The van der Waals surface area contributed by atoms with Gasteiger partial charge in [0.05, 0.1) is 11.1 Å². The van der Waals surface area contributed by atoms with Gasteiger partial charge in [0.2, 0.25) is 0 Å². The van der Waals surface area contributed by atoms with Crippen LogP contribution in [0.25, 0.3) is 0 Å². The first kappa shape index (κ1) is 44.6. The molecule has 7 heteroatoms. The van der Waals surface area contributed by atoms with Crippen molar-refractivity contribution in [2.24, 2.45) is 0 Å². The predicted octanol–water partition coefficient (Wildman–Crippen LogP) is 10.5. The molecule has 0 bridgehead atoms. The summed E-state index contributed by atoms with van der Waals surface area (Å²) in [5.41, 5.74) is 2.27. The molecule has 0 aliphatic carbocycles. The van der Waals surface area contributed by atoms with Gasteiger partial charge in [-0.25, -0.2) is 9.59 Å². The normalized spacial score (nSPS) is 10.6. The van der Waals surface area contributed by atoms with Crippen molar-refractivity contribution in [2.45, 2.75) is 169 Å². The van der Waals surface area contributed by atoms with Crippen LogP contribution in [0.15, 0.2) is 24.3 Å². The van der Waals surface area contributed by atoms with Crippen LogP contribution in [0.1, 0.15) is 185 Å². The zero-order chi connectivity index (χ0) is 34.2. The monoisotopic (exact) mass is 702 g/mol. The topological polar surface area (TPSA) is 121 Å².